The minimum absolute atomic E-state index is 0.109. The van der Waals surface area contributed by atoms with E-state index in [1.165, 1.54) is 4.31 Å². The summed E-state index contributed by atoms with van der Waals surface area (Å²) in [7, 11) is -3.82. The first-order valence-electron chi connectivity index (χ1n) is 11.3. The molecule has 2 heterocycles. The maximum Gasteiger partial charge on any atom is 0.434 e. The maximum atomic E-state index is 15.2. The van der Waals surface area contributed by atoms with Crippen LogP contribution in [-0.4, -0.2) is 35.1 Å². The zero-order valence-corrected chi connectivity index (χ0v) is 20.4. The van der Waals surface area contributed by atoms with E-state index in [9.17, 15) is 13.2 Å². The highest BCUT2D eigenvalue weighted by Crippen LogP contribution is 2.38. The number of aromatic amines is 1. The smallest absolute Gasteiger partial charge is 0.389 e. The Kier molecular flexibility index (Phi) is 7.20. The molecule has 0 bridgehead atoms. The van der Waals surface area contributed by atoms with Crippen molar-refractivity contribution in [2.45, 2.75) is 63.7 Å². The maximum absolute atomic E-state index is 15.2. The van der Waals surface area contributed by atoms with Crippen LogP contribution in [-0.2, 0) is 21.3 Å². The van der Waals surface area contributed by atoms with Gasteiger partial charge in [0.25, 0.3) is 5.89 Å². The summed E-state index contributed by atoms with van der Waals surface area (Å²) in [6, 6.07) is 10.4. The number of halogens is 2. The lowest BCUT2D eigenvalue weighted by Crippen LogP contribution is -2.44. The Morgan fingerprint density at radius 3 is 2.51 bits per heavy atom. The van der Waals surface area contributed by atoms with E-state index < -0.39 is 44.9 Å². The number of nitrogens with one attached hydrogen (secondary N) is 1. The van der Waals surface area contributed by atoms with Crippen molar-refractivity contribution in [3.8, 4) is 0 Å². The van der Waals surface area contributed by atoms with Crippen LogP contribution >= 0.6 is 0 Å². The molecule has 0 radical (unpaired) electrons. The molecule has 35 heavy (non-hydrogen) atoms. The van der Waals surface area contributed by atoms with E-state index in [2.05, 4.69) is 10.2 Å². The van der Waals surface area contributed by atoms with Crippen LogP contribution in [0.2, 0.25) is 0 Å². The summed E-state index contributed by atoms with van der Waals surface area (Å²) in [5.41, 5.74) is 0.342. The zero-order valence-electron chi connectivity index (χ0n) is 19.6. The van der Waals surface area contributed by atoms with Crippen molar-refractivity contribution >= 4 is 10.0 Å². The average molecular weight is 508 g/mol. The SMILES string of the molecule is CC(C)O[C@H](c1n[nH]c(=O)o1)c1cc(F)c(CN2[C@@H](C)CC[C@H](c3ccccc3)S2(=O)=O)cc1F. The quantitative estimate of drug-likeness (QED) is 0.514. The van der Waals surface area contributed by atoms with Gasteiger partial charge < -0.3 is 9.15 Å². The van der Waals surface area contributed by atoms with Gasteiger partial charge in [0.15, 0.2) is 6.10 Å². The van der Waals surface area contributed by atoms with Crippen molar-refractivity contribution in [3.05, 3.63) is 87.2 Å². The van der Waals surface area contributed by atoms with Crippen LogP contribution in [0.25, 0.3) is 0 Å². The first-order valence-corrected chi connectivity index (χ1v) is 12.8. The number of rotatable bonds is 7. The molecule has 2 aromatic carbocycles. The Balaban J connectivity index is 1.67. The Hall–Kier alpha value is -2.89. The molecular weight excluding hydrogens is 480 g/mol. The molecule has 0 saturated carbocycles. The van der Waals surface area contributed by atoms with E-state index >= 15 is 8.78 Å². The van der Waals surface area contributed by atoms with Crippen molar-refractivity contribution in [3.63, 3.8) is 0 Å². The van der Waals surface area contributed by atoms with Crippen molar-refractivity contribution in [1.82, 2.24) is 14.5 Å². The van der Waals surface area contributed by atoms with E-state index in [-0.39, 0.29) is 29.6 Å². The number of nitrogens with zero attached hydrogens (tertiary/aromatic N) is 2. The number of hydrogen-bond acceptors (Lipinski definition) is 6. The van der Waals surface area contributed by atoms with E-state index in [1.807, 2.05) is 6.07 Å². The summed E-state index contributed by atoms with van der Waals surface area (Å²) in [6.45, 7) is 4.81. The van der Waals surface area contributed by atoms with Gasteiger partial charge in [0.1, 0.15) is 16.9 Å². The van der Waals surface area contributed by atoms with Gasteiger partial charge in [0, 0.05) is 23.7 Å². The largest absolute Gasteiger partial charge is 0.434 e. The van der Waals surface area contributed by atoms with Gasteiger partial charge >= 0.3 is 5.76 Å². The number of aromatic nitrogens is 2. The monoisotopic (exact) mass is 507 g/mol. The fourth-order valence-corrected chi connectivity index (χ4v) is 6.52. The fourth-order valence-electron chi connectivity index (χ4n) is 4.34. The Morgan fingerprint density at radius 1 is 1.17 bits per heavy atom. The molecule has 1 saturated heterocycles. The molecule has 11 heteroatoms. The van der Waals surface area contributed by atoms with Crippen molar-refractivity contribution in [2.24, 2.45) is 0 Å². The van der Waals surface area contributed by atoms with E-state index in [4.69, 9.17) is 9.15 Å². The van der Waals surface area contributed by atoms with E-state index in [0.29, 0.717) is 18.4 Å². The standard InChI is InChI=1S/C24H27F2N3O5S/c1-14(2)33-22(23-27-28-24(30)34-23)18-12-19(25)17(11-20(18)26)13-29-15(3)9-10-21(35(29,31)32)16-7-5-4-6-8-16/h4-8,11-12,14-15,21-22H,9-10,13H2,1-3H3,(H,28,30)/t15-,21+,22-/m0/s1. The number of ether oxygens (including phenoxy) is 1. The highest BCUT2D eigenvalue weighted by Gasteiger charge is 2.41. The van der Waals surface area contributed by atoms with Crippen LogP contribution in [0.3, 0.4) is 0 Å². The molecule has 1 aliphatic rings. The molecular formula is C24H27F2N3O5S. The Labute approximate surface area is 202 Å². The topological polar surface area (TPSA) is 106 Å². The van der Waals surface area contributed by atoms with Crippen LogP contribution in [0.5, 0.6) is 0 Å². The van der Waals surface area contributed by atoms with Gasteiger partial charge in [-0.3, -0.25) is 0 Å². The third-order valence-corrected chi connectivity index (χ3v) is 8.43. The Bertz CT molecular complexity index is 1340. The molecule has 4 rings (SSSR count). The summed E-state index contributed by atoms with van der Waals surface area (Å²) >= 11 is 0. The average Bonchev–Trinajstić information content (AvgIpc) is 3.23. The van der Waals surface area contributed by atoms with Gasteiger partial charge in [-0.1, -0.05) is 30.3 Å². The third kappa shape index (κ3) is 5.21. The predicted molar refractivity (Wildman–Crippen MR) is 124 cm³/mol. The lowest BCUT2D eigenvalue weighted by molar-refractivity contribution is 0.0129. The van der Waals surface area contributed by atoms with Crippen LogP contribution in [0.1, 0.15) is 67.5 Å². The summed E-state index contributed by atoms with van der Waals surface area (Å²) in [4.78, 5) is 11.4. The van der Waals surface area contributed by atoms with Crippen molar-refractivity contribution in [1.29, 1.82) is 0 Å². The Morgan fingerprint density at radius 2 is 1.89 bits per heavy atom. The normalized spacial score (nSPS) is 21.3. The van der Waals surface area contributed by atoms with Gasteiger partial charge in [-0.15, -0.1) is 5.10 Å². The van der Waals surface area contributed by atoms with Crippen LogP contribution < -0.4 is 5.76 Å². The summed E-state index contributed by atoms with van der Waals surface area (Å²) in [5, 5.41) is 5.02. The second-order valence-corrected chi connectivity index (χ2v) is 11.0. The molecule has 8 nitrogen and oxygen atoms in total. The lowest BCUT2D eigenvalue weighted by atomic mass is 10.0. The molecule has 0 amide bonds. The molecule has 3 aromatic rings. The number of sulfonamides is 1. The second-order valence-electron chi connectivity index (χ2n) is 8.90. The second kappa shape index (κ2) is 10.00. The van der Waals surface area contributed by atoms with Gasteiger partial charge in [-0.05, 0) is 51.3 Å². The number of benzene rings is 2. The van der Waals surface area contributed by atoms with E-state index in [0.717, 1.165) is 12.1 Å². The summed E-state index contributed by atoms with van der Waals surface area (Å²) < 4.78 is 69.2. The van der Waals surface area contributed by atoms with Gasteiger partial charge in [-0.25, -0.2) is 27.1 Å². The van der Waals surface area contributed by atoms with Crippen molar-refractivity contribution < 1.29 is 26.4 Å². The molecule has 0 aliphatic carbocycles. The molecule has 1 fully saturated rings. The van der Waals surface area contributed by atoms with Crippen molar-refractivity contribution in [2.75, 3.05) is 0 Å². The predicted octanol–water partition coefficient (Wildman–Crippen LogP) is 4.21. The molecule has 1 aliphatic heterocycles. The summed E-state index contributed by atoms with van der Waals surface area (Å²) in [5.74, 6) is -2.74. The first-order chi connectivity index (χ1) is 16.6. The molecule has 1 aromatic heterocycles. The molecule has 0 spiro atoms. The number of hydrogen-bond donors (Lipinski definition) is 1. The van der Waals surface area contributed by atoms with Crippen LogP contribution in [0.15, 0.2) is 51.7 Å². The highest BCUT2D eigenvalue weighted by atomic mass is 32.2. The third-order valence-electron chi connectivity index (χ3n) is 6.06. The molecule has 1 N–H and O–H groups in total. The molecule has 0 unspecified atom stereocenters. The van der Waals surface area contributed by atoms with Crippen LogP contribution in [0, 0.1) is 11.6 Å². The van der Waals surface area contributed by atoms with Crippen LogP contribution in [0.4, 0.5) is 8.78 Å². The number of H-pyrrole nitrogens is 1. The summed E-state index contributed by atoms with van der Waals surface area (Å²) in [6.07, 6.45) is -0.650. The van der Waals surface area contributed by atoms with Gasteiger partial charge in [0.05, 0.1) is 6.10 Å². The van der Waals surface area contributed by atoms with Gasteiger partial charge in [-0.2, -0.15) is 4.31 Å². The molecule has 188 valence electrons. The van der Waals surface area contributed by atoms with E-state index in [1.54, 1.807) is 45.0 Å². The zero-order chi connectivity index (χ0) is 25.3. The minimum Gasteiger partial charge on any atom is -0.389 e. The molecule has 3 atom stereocenters. The first kappa shape index (κ1) is 25.2. The van der Waals surface area contributed by atoms with Gasteiger partial charge in [0.2, 0.25) is 10.0 Å². The minimum atomic E-state index is -3.82. The lowest BCUT2D eigenvalue weighted by Gasteiger charge is -2.37. The highest BCUT2D eigenvalue weighted by molar-refractivity contribution is 7.89. The fraction of sp³-hybridized carbons (Fsp3) is 0.417.